The third kappa shape index (κ3) is 10.8. The quantitative estimate of drug-likeness (QED) is 0.343. The first kappa shape index (κ1) is 18.2. The van der Waals surface area contributed by atoms with Crippen LogP contribution in [0.3, 0.4) is 0 Å². The van der Waals surface area contributed by atoms with Gasteiger partial charge in [-0.15, -0.1) is 0 Å². The molecular weight excluding hydrogens is 277 g/mol. The van der Waals surface area contributed by atoms with Crippen molar-refractivity contribution in [2.45, 2.75) is 6.92 Å². The van der Waals surface area contributed by atoms with Crippen molar-refractivity contribution >= 4 is 20.1 Å². The summed E-state index contributed by atoms with van der Waals surface area (Å²) in [5.74, 6) is -1.34. The van der Waals surface area contributed by atoms with E-state index in [1.54, 1.807) is 19.0 Å². The zero-order valence-electron chi connectivity index (χ0n) is 11.3. The average Bonchev–Trinajstić information content (AvgIpc) is 2.28. The summed E-state index contributed by atoms with van der Waals surface area (Å²) in [7, 11) is -0.618. The molecule has 0 aliphatic rings. The van der Waals surface area contributed by atoms with E-state index < -0.39 is 19.7 Å². The van der Waals surface area contributed by atoms with Crippen LogP contribution in [-0.4, -0.2) is 62.5 Å². The van der Waals surface area contributed by atoms with Crippen molar-refractivity contribution in [3.05, 3.63) is 0 Å². The van der Waals surface area contributed by atoms with Gasteiger partial charge in [-0.2, -0.15) is 0 Å². The number of phosphoric ester groups is 1. The molecule has 0 aromatic carbocycles. The Morgan fingerprint density at radius 1 is 1.37 bits per heavy atom. The average molecular weight is 297 g/mol. The van der Waals surface area contributed by atoms with Gasteiger partial charge in [-0.25, -0.2) is 4.57 Å². The van der Waals surface area contributed by atoms with Crippen LogP contribution in [0.2, 0.25) is 0 Å². The molecule has 0 aliphatic heterocycles. The molecule has 0 heterocycles. The second kappa shape index (κ2) is 9.17. The predicted octanol–water partition coefficient (Wildman–Crippen LogP) is 0.0598. The Morgan fingerprint density at radius 2 is 2.00 bits per heavy atom. The van der Waals surface area contributed by atoms with Crippen molar-refractivity contribution in [3.8, 4) is 0 Å². The van der Waals surface area contributed by atoms with Crippen molar-refractivity contribution in [3.63, 3.8) is 0 Å². The van der Waals surface area contributed by atoms with Gasteiger partial charge in [-0.1, -0.05) is 0 Å². The monoisotopic (exact) mass is 297 g/mol. The van der Waals surface area contributed by atoms with E-state index in [-0.39, 0.29) is 19.8 Å². The van der Waals surface area contributed by atoms with Gasteiger partial charge in [-0.3, -0.25) is 13.8 Å². The summed E-state index contributed by atoms with van der Waals surface area (Å²) < 4.78 is 25.4. The molecule has 0 spiro atoms. The lowest BCUT2D eigenvalue weighted by atomic mass is 10.2. The Labute approximate surface area is 112 Å². The number of likely N-dealkylation sites (N-methyl/N-ethyl adjacent to an activating group) is 1. The van der Waals surface area contributed by atoms with Gasteiger partial charge in [0.1, 0.15) is 12.9 Å². The Morgan fingerprint density at radius 3 is 2.47 bits per heavy atom. The Bertz CT molecular complexity index is 334. The number of hydrogen-bond donors (Lipinski definition) is 1. The first-order valence-corrected chi connectivity index (χ1v) is 7.11. The van der Waals surface area contributed by atoms with E-state index in [9.17, 15) is 19.0 Å². The molecule has 9 heteroatoms. The van der Waals surface area contributed by atoms with Crippen LogP contribution in [0, 0.1) is 5.92 Å². The Hall–Kier alpha value is -0.790. The van der Waals surface area contributed by atoms with Crippen LogP contribution in [0.25, 0.3) is 0 Å². The molecule has 0 fully saturated rings. The standard InChI is InChI=1S/C10H20NO7P/c1-9(13)16-7-10(6-12)8-18-19(14,15)17-5-4-11(2)3/h6,10H,4-5,7-8H2,1-3H3,(H,14,15). The maximum atomic E-state index is 11.4. The number of rotatable bonds is 10. The normalized spacial score (nSPS) is 15.8. The molecule has 0 aliphatic carbocycles. The number of phosphoric acid groups is 1. The van der Waals surface area contributed by atoms with Gasteiger partial charge in [-0.05, 0) is 14.1 Å². The van der Waals surface area contributed by atoms with Gasteiger partial charge >= 0.3 is 13.8 Å². The third-order valence-corrected chi connectivity index (χ3v) is 2.92. The third-order valence-electron chi connectivity index (χ3n) is 1.94. The van der Waals surface area contributed by atoms with E-state index in [1.165, 1.54) is 6.92 Å². The lowest BCUT2D eigenvalue weighted by Gasteiger charge is -2.16. The summed E-state index contributed by atoms with van der Waals surface area (Å²) in [6, 6.07) is 0. The zero-order chi connectivity index (χ0) is 14.9. The summed E-state index contributed by atoms with van der Waals surface area (Å²) in [4.78, 5) is 32.3. The van der Waals surface area contributed by atoms with E-state index >= 15 is 0 Å². The van der Waals surface area contributed by atoms with E-state index in [1.807, 2.05) is 0 Å². The van der Waals surface area contributed by atoms with Crippen LogP contribution in [0.4, 0.5) is 0 Å². The minimum Gasteiger partial charge on any atom is -0.465 e. The predicted molar refractivity (Wildman–Crippen MR) is 66.5 cm³/mol. The number of carbonyl (C=O) groups excluding carboxylic acids is 2. The number of hydrogen-bond acceptors (Lipinski definition) is 7. The number of ether oxygens (including phenoxy) is 1. The smallest absolute Gasteiger partial charge is 0.465 e. The maximum Gasteiger partial charge on any atom is 0.472 e. The largest absolute Gasteiger partial charge is 0.472 e. The molecule has 0 saturated carbocycles. The molecule has 0 aromatic rings. The molecule has 0 aromatic heterocycles. The minimum atomic E-state index is -4.19. The number of nitrogens with zero attached hydrogens (tertiary/aromatic N) is 1. The van der Waals surface area contributed by atoms with Crippen LogP contribution < -0.4 is 0 Å². The molecule has 2 unspecified atom stereocenters. The molecule has 0 saturated heterocycles. The highest BCUT2D eigenvalue weighted by molar-refractivity contribution is 7.47. The van der Waals surface area contributed by atoms with E-state index in [4.69, 9.17) is 0 Å². The van der Waals surface area contributed by atoms with Crippen LogP contribution >= 0.6 is 7.82 Å². The number of esters is 1. The summed E-state index contributed by atoms with van der Waals surface area (Å²) in [5.41, 5.74) is 0. The van der Waals surface area contributed by atoms with Crippen molar-refractivity contribution < 1.29 is 32.8 Å². The van der Waals surface area contributed by atoms with Crippen molar-refractivity contribution in [1.82, 2.24) is 4.90 Å². The molecule has 0 rings (SSSR count). The molecular formula is C10H20NO7P. The van der Waals surface area contributed by atoms with E-state index in [0.717, 1.165) is 0 Å². The number of carbonyl (C=O) groups is 2. The van der Waals surface area contributed by atoms with Gasteiger partial charge in [0.15, 0.2) is 0 Å². The molecule has 1 N–H and O–H groups in total. The molecule has 0 bridgehead atoms. The highest BCUT2D eigenvalue weighted by atomic mass is 31.2. The van der Waals surface area contributed by atoms with Crippen LogP contribution in [0.15, 0.2) is 0 Å². The molecule has 112 valence electrons. The lowest BCUT2D eigenvalue weighted by Crippen LogP contribution is -2.20. The van der Waals surface area contributed by atoms with Gasteiger partial charge in [0.05, 0.1) is 19.1 Å². The summed E-state index contributed by atoms with van der Waals surface area (Å²) in [6.45, 7) is 1.13. The van der Waals surface area contributed by atoms with Crippen LogP contribution in [0.5, 0.6) is 0 Å². The van der Waals surface area contributed by atoms with Crippen molar-refractivity contribution in [2.75, 3.05) is 40.5 Å². The zero-order valence-corrected chi connectivity index (χ0v) is 12.2. The maximum absolute atomic E-state index is 11.4. The van der Waals surface area contributed by atoms with Gasteiger partial charge in [0.2, 0.25) is 0 Å². The number of aldehydes is 1. The first-order chi connectivity index (χ1) is 8.76. The molecule has 0 amide bonds. The Balaban J connectivity index is 4.01. The van der Waals surface area contributed by atoms with Gasteiger partial charge in [0.25, 0.3) is 0 Å². The summed E-state index contributed by atoms with van der Waals surface area (Å²) >= 11 is 0. The first-order valence-electron chi connectivity index (χ1n) is 5.62. The SMILES string of the molecule is CC(=O)OCC(C=O)COP(=O)(O)OCCN(C)C. The highest BCUT2D eigenvalue weighted by Crippen LogP contribution is 2.43. The second-order valence-electron chi connectivity index (χ2n) is 4.10. The highest BCUT2D eigenvalue weighted by Gasteiger charge is 2.23. The van der Waals surface area contributed by atoms with E-state index in [0.29, 0.717) is 12.8 Å². The van der Waals surface area contributed by atoms with Gasteiger partial charge < -0.3 is 19.3 Å². The second-order valence-corrected chi connectivity index (χ2v) is 5.55. The Kier molecular flexibility index (Phi) is 8.79. The topological polar surface area (TPSA) is 102 Å². The molecule has 19 heavy (non-hydrogen) atoms. The minimum absolute atomic E-state index is 0.0243. The summed E-state index contributed by atoms with van der Waals surface area (Å²) in [6.07, 6.45) is 0.489. The fourth-order valence-corrected chi connectivity index (χ4v) is 1.68. The molecule has 8 nitrogen and oxygen atoms in total. The fourth-order valence-electron chi connectivity index (χ4n) is 0.917. The van der Waals surface area contributed by atoms with Crippen LogP contribution in [-0.2, 0) is 27.9 Å². The summed E-state index contributed by atoms with van der Waals surface area (Å²) in [5, 5.41) is 0. The van der Waals surface area contributed by atoms with Gasteiger partial charge in [0, 0.05) is 13.5 Å². The molecule has 2 atom stereocenters. The fraction of sp³-hybridized carbons (Fsp3) is 0.800. The van der Waals surface area contributed by atoms with Crippen molar-refractivity contribution in [1.29, 1.82) is 0 Å². The molecule has 0 radical (unpaired) electrons. The lowest BCUT2D eigenvalue weighted by molar-refractivity contribution is -0.143. The van der Waals surface area contributed by atoms with Crippen molar-refractivity contribution in [2.24, 2.45) is 5.92 Å². The van der Waals surface area contributed by atoms with Crippen LogP contribution in [0.1, 0.15) is 6.92 Å². The van der Waals surface area contributed by atoms with E-state index in [2.05, 4.69) is 13.8 Å².